The zero-order valence-corrected chi connectivity index (χ0v) is 19.1. The van der Waals surface area contributed by atoms with E-state index in [1.54, 1.807) is 0 Å². The Morgan fingerprint density at radius 2 is 0.750 bits per heavy atom. The molecule has 0 heterocycles. The fourth-order valence-electron chi connectivity index (χ4n) is 2.88. The quantitative estimate of drug-likeness (QED) is 0.443. The summed E-state index contributed by atoms with van der Waals surface area (Å²) in [5.41, 5.74) is 8.43. The third-order valence-corrected chi connectivity index (χ3v) is 6.30. The lowest BCUT2D eigenvalue weighted by Gasteiger charge is -2.08. The lowest BCUT2D eigenvalue weighted by molar-refractivity contribution is 1.06. The summed E-state index contributed by atoms with van der Waals surface area (Å²) in [6.07, 6.45) is 4.43. The van der Waals surface area contributed by atoms with Crippen molar-refractivity contribution in [3.05, 3.63) is 66.6 Å². The van der Waals surface area contributed by atoms with Crippen molar-refractivity contribution in [3.63, 3.8) is 0 Å². The van der Waals surface area contributed by atoms with Crippen molar-refractivity contribution >= 4 is 31.9 Å². The molecule has 2 aromatic rings. The summed E-state index contributed by atoms with van der Waals surface area (Å²) >= 11 is 7.27. The Bertz CT molecular complexity index is 562. The minimum atomic E-state index is 1.11. The Morgan fingerprint density at radius 3 is 0.917 bits per heavy atom. The molecule has 0 N–H and O–H groups in total. The molecule has 0 aliphatic carbocycles. The van der Waals surface area contributed by atoms with E-state index in [9.17, 15) is 0 Å². The molecule has 0 radical (unpaired) electrons. The Morgan fingerprint density at radius 1 is 0.542 bits per heavy atom. The van der Waals surface area contributed by atoms with Gasteiger partial charge in [0.15, 0.2) is 0 Å². The molecular weight excluding hydrogens is 424 g/mol. The van der Waals surface area contributed by atoms with Gasteiger partial charge in [0, 0.05) is 8.95 Å². The van der Waals surface area contributed by atoms with Gasteiger partial charge in [-0.1, -0.05) is 94.9 Å². The van der Waals surface area contributed by atoms with Gasteiger partial charge in [0.25, 0.3) is 0 Å². The fraction of sp³-hybridized carbons (Fsp3) is 0.455. The van der Waals surface area contributed by atoms with Crippen LogP contribution >= 0.6 is 31.9 Å². The first kappa shape index (κ1) is 21.4. The number of halogens is 2. The second-order valence-electron chi connectivity index (χ2n) is 6.21. The Hall–Kier alpha value is -0.600. The van der Waals surface area contributed by atoms with E-state index in [1.807, 2.05) is 0 Å². The Balaban J connectivity index is 0.000000240. The van der Waals surface area contributed by atoms with E-state index < -0.39 is 0 Å². The Labute approximate surface area is 165 Å². The second kappa shape index (κ2) is 10.4. The highest BCUT2D eigenvalue weighted by Crippen LogP contribution is 2.25. The van der Waals surface area contributed by atoms with Crippen molar-refractivity contribution in [1.82, 2.24) is 0 Å². The predicted octanol–water partition coefficient (Wildman–Crippen LogP) is 7.76. The van der Waals surface area contributed by atoms with Crippen molar-refractivity contribution in [2.24, 2.45) is 0 Å². The van der Waals surface area contributed by atoms with Crippen LogP contribution in [0.15, 0.2) is 33.2 Å². The molecule has 2 aromatic carbocycles. The highest BCUT2D eigenvalue weighted by molar-refractivity contribution is 9.10. The lowest BCUT2D eigenvalue weighted by atomic mass is 10.0. The van der Waals surface area contributed by atoms with Gasteiger partial charge in [-0.25, -0.2) is 0 Å². The lowest BCUT2D eigenvalue weighted by Crippen LogP contribution is -1.91. The van der Waals surface area contributed by atoms with Gasteiger partial charge in [-0.15, -0.1) is 0 Å². The van der Waals surface area contributed by atoms with E-state index in [1.165, 1.54) is 42.3 Å². The van der Waals surface area contributed by atoms with Crippen molar-refractivity contribution < 1.29 is 0 Å². The summed E-state index contributed by atoms with van der Waals surface area (Å²) in [7, 11) is 0. The van der Waals surface area contributed by atoms with Crippen molar-refractivity contribution in [1.29, 1.82) is 0 Å². The molecule has 0 saturated heterocycles. The van der Waals surface area contributed by atoms with Crippen LogP contribution in [0.4, 0.5) is 0 Å². The summed E-state index contributed by atoms with van der Waals surface area (Å²) in [4.78, 5) is 0. The standard InChI is InChI=1S/2C11H15Br/c2*1-4-9-6-8(3)7-10(5-2)11(9)12/h2*6-7H,4-5H2,1-3H3. The largest absolute Gasteiger partial charge is 0.0613 e. The zero-order chi connectivity index (χ0) is 18.3. The first-order valence-electron chi connectivity index (χ1n) is 8.93. The third kappa shape index (κ3) is 5.74. The van der Waals surface area contributed by atoms with Gasteiger partial charge in [-0.2, -0.15) is 0 Å². The molecule has 0 nitrogen and oxygen atoms in total. The number of hydrogen-bond acceptors (Lipinski definition) is 0. The van der Waals surface area contributed by atoms with Gasteiger partial charge < -0.3 is 0 Å². The first-order chi connectivity index (χ1) is 11.4. The minimum absolute atomic E-state index is 1.11. The SMILES string of the molecule is CCc1cc(C)cc(CC)c1Br.CCc1cc(C)cc(CC)c1Br. The molecule has 0 aromatic heterocycles. The van der Waals surface area contributed by atoms with E-state index >= 15 is 0 Å². The molecule has 0 aliphatic rings. The van der Waals surface area contributed by atoms with Crippen LogP contribution < -0.4 is 0 Å². The molecule has 0 unspecified atom stereocenters. The average Bonchev–Trinajstić information content (AvgIpc) is 2.58. The summed E-state index contributed by atoms with van der Waals surface area (Å²) in [6, 6.07) is 9.01. The van der Waals surface area contributed by atoms with Gasteiger partial charge in [0.1, 0.15) is 0 Å². The first-order valence-corrected chi connectivity index (χ1v) is 10.5. The molecule has 132 valence electrons. The smallest absolute Gasteiger partial charge is 0.0239 e. The third-order valence-electron chi connectivity index (χ3n) is 4.26. The van der Waals surface area contributed by atoms with Gasteiger partial charge in [0.05, 0.1) is 0 Å². The topological polar surface area (TPSA) is 0 Å². The Kier molecular flexibility index (Phi) is 9.30. The molecule has 2 rings (SSSR count). The van der Waals surface area contributed by atoms with Crippen molar-refractivity contribution in [3.8, 4) is 0 Å². The van der Waals surface area contributed by atoms with Gasteiger partial charge in [-0.05, 0) is 61.8 Å². The highest BCUT2D eigenvalue weighted by Gasteiger charge is 2.04. The van der Waals surface area contributed by atoms with Crippen LogP contribution in [-0.4, -0.2) is 0 Å². The number of rotatable bonds is 4. The molecule has 0 fully saturated rings. The number of benzene rings is 2. The molecule has 2 heteroatoms. The molecule has 0 bridgehead atoms. The van der Waals surface area contributed by atoms with E-state index in [4.69, 9.17) is 0 Å². The molecule has 0 aliphatic heterocycles. The van der Waals surface area contributed by atoms with Crippen LogP contribution in [0.25, 0.3) is 0 Å². The molecule has 0 amide bonds. The highest BCUT2D eigenvalue weighted by atomic mass is 79.9. The van der Waals surface area contributed by atoms with Gasteiger partial charge in [0.2, 0.25) is 0 Å². The molecule has 0 spiro atoms. The summed E-state index contributed by atoms with van der Waals surface area (Å²) in [6.45, 7) is 13.1. The summed E-state index contributed by atoms with van der Waals surface area (Å²) < 4.78 is 2.61. The van der Waals surface area contributed by atoms with Crippen LogP contribution in [0, 0.1) is 13.8 Å². The van der Waals surface area contributed by atoms with Gasteiger partial charge in [-0.3, -0.25) is 0 Å². The van der Waals surface area contributed by atoms with Crippen molar-refractivity contribution in [2.45, 2.75) is 67.2 Å². The minimum Gasteiger partial charge on any atom is -0.0613 e. The monoisotopic (exact) mass is 452 g/mol. The van der Waals surface area contributed by atoms with E-state index in [0.29, 0.717) is 0 Å². The predicted molar refractivity (Wildman–Crippen MR) is 115 cm³/mol. The summed E-state index contributed by atoms with van der Waals surface area (Å²) in [5.74, 6) is 0. The van der Waals surface area contributed by atoms with Crippen LogP contribution in [0.5, 0.6) is 0 Å². The summed E-state index contributed by atoms with van der Waals surface area (Å²) in [5, 5.41) is 0. The maximum absolute atomic E-state index is 3.64. The van der Waals surface area contributed by atoms with Crippen LogP contribution in [0.1, 0.15) is 61.1 Å². The average molecular weight is 454 g/mol. The van der Waals surface area contributed by atoms with E-state index in [2.05, 4.69) is 97.7 Å². The van der Waals surface area contributed by atoms with Gasteiger partial charge >= 0.3 is 0 Å². The number of hydrogen-bond donors (Lipinski definition) is 0. The normalized spacial score (nSPS) is 10.3. The molecule has 0 atom stereocenters. The molecule has 24 heavy (non-hydrogen) atoms. The maximum atomic E-state index is 3.64. The zero-order valence-electron chi connectivity index (χ0n) is 15.9. The molecular formula is C22H30Br2. The fourth-order valence-corrected chi connectivity index (χ4v) is 4.46. The second-order valence-corrected chi connectivity index (χ2v) is 7.79. The van der Waals surface area contributed by atoms with Crippen LogP contribution in [0.3, 0.4) is 0 Å². The van der Waals surface area contributed by atoms with Crippen LogP contribution in [0.2, 0.25) is 0 Å². The maximum Gasteiger partial charge on any atom is 0.0239 e. The number of aryl methyl sites for hydroxylation is 6. The van der Waals surface area contributed by atoms with E-state index in [-0.39, 0.29) is 0 Å². The van der Waals surface area contributed by atoms with E-state index in [0.717, 1.165) is 25.7 Å². The van der Waals surface area contributed by atoms with Crippen LogP contribution in [-0.2, 0) is 25.7 Å². The van der Waals surface area contributed by atoms with Crippen molar-refractivity contribution in [2.75, 3.05) is 0 Å². The molecule has 0 saturated carbocycles.